The summed E-state index contributed by atoms with van der Waals surface area (Å²) in [5, 5.41) is 4.13. The Kier molecular flexibility index (Phi) is 4.45. The van der Waals surface area contributed by atoms with Gasteiger partial charge in [0.25, 0.3) is 5.91 Å². The molecular weight excluding hydrogens is 278 g/mol. The Morgan fingerprint density at radius 2 is 2.09 bits per heavy atom. The van der Waals surface area contributed by atoms with Gasteiger partial charge in [-0.2, -0.15) is 0 Å². The molecule has 2 aromatic rings. The van der Waals surface area contributed by atoms with E-state index in [9.17, 15) is 4.79 Å². The fraction of sp³-hybridized carbons (Fsp3) is 0.471. The highest BCUT2D eigenvalue weighted by Crippen LogP contribution is 2.22. The number of ether oxygens (including phenoxy) is 1. The highest BCUT2D eigenvalue weighted by molar-refractivity contribution is 6.01. The van der Waals surface area contributed by atoms with Gasteiger partial charge in [0, 0.05) is 37.1 Å². The van der Waals surface area contributed by atoms with Crippen LogP contribution in [-0.4, -0.2) is 55.2 Å². The molecule has 0 aliphatic carbocycles. The number of benzene rings is 1. The number of hydrogen-bond donors (Lipinski definition) is 2. The second-order valence-electron chi connectivity index (χ2n) is 5.88. The van der Waals surface area contributed by atoms with Crippen LogP contribution in [0.5, 0.6) is 0 Å². The van der Waals surface area contributed by atoms with E-state index in [4.69, 9.17) is 4.74 Å². The van der Waals surface area contributed by atoms with Gasteiger partial charge in [0.2, 0.25) is 0 Å². The number of aryl methyl sites for hydroxylation is 2. The molecule has 0 atom stereocenters. The van der Waals surface area contributed by atoms with Crippen molar-refractivity contribution in [3.63, 3.8) is 0 Å². The first kappa shape index (κ1) is 15.1. The lowest BCUT2D eigenvalue weighted by Gasteiger charge is -2.26. The average Bonchev–Trinajstić information content (AvgIpc) is 2.85. The number of nitrogens with zero attached hydrogens (tertiary/aromatic N) is 1. The van der Waals surface area contributed by atoms with E-state index in [0.717, 1.165) is 49.3 Å². The van der Waals surface area contributed by atoms with Crippen LogP contribution in [0.2, 0.25) is 0 Å². The lowest BCUT2D eigenvalue weighted by Crippen LogP contribution is -2.41. The Morgan fingerprint density at radius 1 is 1.32 bits per heavy atom. The van der Waals surface area contributed by atoms with Crippen molar-refractivity contribution in [3.05, 3.63) is 35.0 Å². The quantitative estimate of drug-likeness (QED) is 0.906. The Balaban J connectivity index is 1.63. The topological polar surface area (TPSA) is 57.4 Å². The molecule has 1 aromatic carbocycles. The summed E-state index contributed by atoms with van der Waals surface area (Å²) in [6.07, 6.45) is 0. The van der Waals surface area contributed by atoms with E-state index in [1.165, 1.54) is 5.56 Å². The smallest absolute Gasteiger partial charge is 0.268 e. The zero-order valence-electron chi connectivity index (χ0n) is 13.2. The fourth-order valence-electron chi connectivity index (χ4n) is 2.91. The van der Waals surface area contributed by atoms with Gasteiger partial charge in [-0.25, -0.2) is 0 Å². The number of hydrogen-bond acceptors (Lipinski definition) is 3. The third kappa shape index (κ3) is 3.15. The number of aromatic nitrogens is 1. The van der Waals surface area contributed by atoms with Gasteiger partial charge in [0.05, 0.1) is 13.2 Å². The van der Waals surface area contributed by atoms with E-state index in [-0.39, 0.29) is 5.91 Å². The maximum atomic E-state index is 12.4. The van der Waals surface area contributed by atoms with Gasteiger partial charge in [-0.3, -0.25) is 9.69 Å². The molecule has 1 aliphatic rings. The zero-order chi connectivity index (χ0) is 15.5. The van der Waals surface area contributed by atoms with Gasteiger partial charge in [-0.05, 0) is 31.5 Å². The third-order valence-corrected chi connectivity index (χ3v) is 4.26. The van der Waals surface area contributed by atoms with E-state index >= 15 is 0 Å². The minimum Gasteiger partial charge on any atom is -0.379 e. The van der Waals surface area contributed by atoms with E-state index in [1.807, 2.05) is 13.0 Å². The number of morpholine rings is 1. The van der Waals surface area contributed by atoms with Crippen LogP contribution in [0.4, 0.5) is 0 Å². The molecule has 2 N–H and O–H groups in total. The predicted octanol–water partition coefficient (Wildman–Crippen LogP) is 1.85. The fourth-order valence-corrected chi connectivity index (χ4v) is 2.91. The molecule has 1 saturated heterocycles. The molecule has 1 fully saturated rings. The predicted molar refractivity (Wildman–Crippen MR) is 87.4 cm³/mol. The summed E-state index contributed by atoms with van der Waals surface area (Å²) in [4.78, 5) is 17.9. The molecule has 22 heavy (non-hydrogen) atoms. The lowest BCUT2D eigenvalue weighted by molar-refractivity contribution is 0.0383. The normalized spacial score (nSPS) is 16.1. The average molecular weight is 301 g/mol. The molecule has 1 aromatic heterocycles. The maximum absolute atomic E-state index is 12.4. The number of aromatic amines is 1. The summed E-state index contributed by atoms with van der Waals surface area (Å²) in [7, 11) is 0. The van der Waals surface area contributed by atoms with Crippen LogP contribution in [0.25, 0.3) is 10.9 Å². The van der Waals surface area contributed by atoms with Crippen molar-refractivity contribution < 1.29 is 9.53 Å². The standard InChI is InChI=1S/C17H23N3O2/c1-12-3-4-15-14(11-12)13(2)16(19-15)17(21)18-5-6-20-7-9-22-10-8-20/h3-4,11,19H,5-10H2,1-2H3,(H,18,21). The van der Waals surface area contributed by atoms with Crippen molar-refractivity contribution in [3.8, 4) is 0 Å². The number of amides is 1. The van der Waals surface area contributed by atoms with Crippen molar-refractivity contribution >= 4 is 16.8 Å². The van der Waals surface area contributed by atoms with Gasteiger partial charge in [-0.15, -0.1) is 0 Å². The summed E-state index contributed by atoms with van der Waals surface area (Å²) in [6.45, 7) is 9.05. The molecule has 0 saturated carbocycles. The number of H-pyrrole nitrogens is 1. The highest BCUT2D eigenvalue weighted by Gasteiger charge is 2.15. The Hall–Kier alpha value is -1.85. The van der Waals surface area contributed by atoms with E-state index in [1.54, 1.807) is 0 Å². The Morgan fingerprint density at radius 3 is 2.86 bits per heavy atom. The van der Waals surface area contributed by atoms with Crippen molar-refractivity contribution in [1.29, 1.82) is 0 Å². The molecule has 5 nitrogen and oxygen atoms in total. The largest absolute Gasteiger partial charge is 0.379 e. The second kappa shape index (κ2) is 6.50. The Labute approximate surface area is 130 Å². The first-order valence-corrected chi connectivity index (χ1v) is 7.82. The summed E-state index contributed by atoms with van der Waals surface area (Å²) in [6, 6.07) is 6.20. The van der Waals surface area contributed by atoms with Crippen LogP contribution < -0.4 is 5.32 Å². The summed E-state index contributed by atoms with van der Waals surface area (Å²) in [5.41, 5.74) is 3.90. The van der Waals surface area contributed by atoms with E-state index < -0.39 is 0 Å². The van der Waals surface area contributed by atoms with Gasteiger partial charge in [0.1, 0.15) is 5.69 Å². The number of carbonyl (C=O) groups is 1. The molecule has 1 amide bonds. The van der Waals surface area contributed by atoms with Crippen LogP contribution in [0.1, 0.15) is 21.6 Å². The molecule has 0 spiro atoms. The van der Waals surface area contributed by atoms with Crippen LogP contribution in [-0.2, 0) is 4.74 Å². The van der Waals surface area contributed by atoms with E-state index in [0.29, 0.717) is 12.2 Å². The third-order valence-electron chi connectivity index (χ3n) is 4.26. The van der Waals surface area contributed by atoms with Crippen LogP contribution in [0, 0.1) is 13.8 Å². The number of fused-ring (bicyclic) bond motifs is 1. The molecule has 0 unspecified atom stereocenters. The summed E-state index contributed by atoms with van der Waals surface area (Å²) >= 11 is 0. The molecule has 1 aliphatic heterocycles. The maximum Gasteiger partial charge on any atom is 0.268 e. The second-order valence-corrected chi connectivity index (χ2v) is 5.88. The minimum atomic E-state index is -0.0281. The van der Waals surface area contributed by atoms with Crippen molar-refractivity contribution in [2.24, 2.45) is 0 Å². The Bertz CT molecular complexity index is 672. The summed E-state index contributed by atoms with van der Waals surface area (Å²) < 4.78 is 5.32. The first-order valence-electron chi connectivity index (χ1n) is 7.82. The minimum absolute atomic E-state index is 0.0281. The van der Waals surface area contributed by atoms with Crippen molar-refractivity contribution in [2.45, 2.75) is 13.8 Å². The molecule has 2 heterocycles. The van der Waals surface area contributed by atoms with Gasteiger partial charge >= 0.3 is 0 Å². The number of rotatable bonds is 4. The monoisotopic (exact) mass is 301 g/mol. The summed E-state index contributed by atoms with van der Waals surface area (Å²) in [5.74, 6) is -0.0281. The molecule has 3 rings (SSSR count). The van der Waals surface area contributed by atoms with Gasteiger partial charge in [0.15, 0.2) is 0 Å². The molecule has 0 radical (unpaired) electrons. The first-order chi connectivity index (χ1) is 10.6. The van der Waals surface area contributed by atoms with Gasteiger partial charge < -0.3 is 15.0 Å². The van der Waals surface area contributed by atoms with Gasteiger partial charge in [-0.1, -0.05) is 11.6 Å². The zero-order valence-corrected chi connectivity index (χ0v) is 13.2. The molecule has 118 valence electrons. The molecular formula is C17H23N3O2. The van der Waals surface area contributed by atoms with Crippen molar-refractivity contribution in [1.82, 2.24) is 15.2 Å². The highest BCUT2D eigenvalue weighted by atomic mass is 16.5. The van der Waals surface area contributed by atoms with Crippen molar-refractivity contribution in [2.75, 3.05) is 39.4 Å². The lowest BCUT2D eigenvalue weighted by atomic mass is 10.1. The number of nitrogens with one attached hydrogen (secondary N) is 2. The van der Waals surface area contributed by atoms with Crippen LogP contribution >= 0.6 is 0 Å². The molecule has 5 heteroatoms. The van der Waals surface area contributed by atoms with E-state index in [2.05, 4.69) is 34.3 Å². The van der Waals surface area contributed by atoms with Crippen LogP contribution in [0.3, 0.4) is 0 Å². The van der Waals surface area contributed by atoms with Crippen LogP contribution in [0.15, 0.2) is 18.2 Å². The molecule has 0 bridgehead atoms. The number of carbonyl (C=O) groups excluding carboxylic acids is 1. The SMILES string of the molecule is Cc1ccc2[nH]c(C(=O)NCCN3CCOCC3)c(C)c2c1.